The van der Waals surface area contributed by atoms with Crippen LogP contribution in [-0.2, 0) is 9.59 Å². The summed E-state index contributed by atoms with van der Waals surface area (Å²) in [5, 5.41) is 13.2. The van der Waals surface area contributed by atoms with E-state index in [0.717, 1.165) is 5.56 Å². The second-order valence-electron chi connectivity index (χ2n) is 6.96. The van der Waals surface area contributed by atoms with Gasteiger partial charge in [-0.15, -0.1) is 11.3 Å². The number of benzene rings is 2. The van der Waals surface area contributed by atoms with E-state index in [1.807, 2.05) is 19.1 Å². The number of nitrogens with zero attached hydrogens (tertiary/aromatic N) is 2. The molecule has 1 amide bonds. The number of thiazole rings is 1. The predicted molar refractivity (Wildman–Crippen MR) is 118 cm³/mol. The van der Waals surface area contributed by atoms with Crippen LogP contribution in [0.25, 0.3) is 5.76 Å². The van der Waals surface area contributed by atoms with E-state index in [-0.39, 0.29) is 11.3 Å². The molecule has 1 N–H and O–H groups in total. The number of aryl methyl sites for hydroxylation is 1. The van der Waals surface area contributed by atoms with Gasteiger partial charge in [-0.2, -0.15) is 0 Å². The van der Waals surface area contributed by atoms with Crippen molar-refractivity contribution in [2.45, 2.75) is 13.0 Å². The smallest absolute Gasteiger partial charge is 0.301 e. The largest absolute Gasteiger partial charge is 0.507 e. The second-order valence-corrected chi connectivity index (χ2v) is 7.84. The number of amides is 1. The summed E-state index contributed by atoms with van der Waals surface area (Å²) >= 11 is 1.24. The number of ketones is 1. The van der Waals surface area contributed by atoms with Crippen molar-refractivity contribution in [3.63, 3.8) is 0 Å². The predicted octanol–water partition coefficient (Wildman–Crippen LogP) is 4.10. The Bertz CT molecular complexity index is 1170. The van der Waals surface area contributed by atoms with E-state index in [1.165, 1.54) is 30.5 Å². The number of anilines is 1. The van der Waals surface area contributed by atoms with E-state index in [0.29, 0.717) is 27.8 Å². The average Bonchev–Trinajstić information content (AvgIpc) is 3.40. The van der Waals surface area contributed by atoms with Gasteiger partial charge in [-0.05, 0) is 24.6 Å². The van der Waals surface area contributed by atoms with Gasteiger partial charge in [-0.1, -0.05) is 35.9 Å². The fraction of sp³-hybridized carbons (Fsp3) is 0.174. The normalized spacial score (nSPS) is 17.8. The molecule has 1 unspecified atom stereocenters. The summed E-state index contributed by atoms with van der Waals surface area (Å²) in [5.41, 5.74) is 2.04. The SMILES string of the molecule is COc1ccc(C2/C(=C(/O)c3ccc(C)cc3)C(=O)C(=O)N2c2nccs2)cc1OC. The fourth-order valence-corrected chi connectivity index (χ4v) is 4.24. The van der Waals surface area contributed by atoms with Gasteiger partial charge in [-0.3, -0.25) is 14.5 Å². The van der Waals surface area contributed by atoms with Gasteiger partial charge < -0.3 is 14.6 Å². The number of Topliss-reactive ketones (excluding diaryl/α,β-unsaturated/α-hetero) is 1. The molecule has 1 aliphatic rings. The number of carbonyl (C=O) groups excluding carboxylic acids is 2. The van der Waals surface area contributed by atoms with Gasteiger partial charge in [0, 0.05) is 17.1 Å². The Morgan fingerprint density at radius 3 is 2.39 bits per heavy atom. The Morgan fingerprint density at radius 2 is 1.77 bits per heavy atom. The van der Waals surface area contributed by atoms with E-state index in [9.17, 15) is 14.7 Å². The number of methoxy groups -OCH3 is 2. The van der Waals surface area contributed by atoms with E-state index in [2.05, 4.69) is 4.98 Å². The first kappa shape index (κ1) is 20.6. The standard InChI is InChI=1S/C23H20N2O5S/c1-13-4-6-14(7-5-13)20(26)18-19(15-8-9-16(29-2)17(12-15)30-3)25(22(28)21(18)27)23-24-10-11-31-23/h4-12,19,26H,1-3H3/b20-18-. The Hall–Kier alpha value is -3.65. The highest BCUT2D eigenvalue weighted by Gasteiger charge is 2.48. The maximum atomic E-state index is 13.1. The summed E-state index contributed by atoms with van der Waals surface area (Å²) < 4.78 is 10.7. The van der Waals surface area contributed by atoms with E-state index < -0.39 is 17.7 Å². The summed E-state index contributed by atoms with van der Waals surface area (Å²) in [7, 11) is 3.03. The third-order valence-corrected chi connectivity index (χ3v) is 5.89. The molecular weight excluding hydrogens is 416 g/mol. The van der Waals surface area contributed by atoms with Crippen LogP contribution in [0.1, 0.15) is 22.7 Å². The monoisotopic (exact) mass is 436 g/mol. The van der Waals surface area contributed by atoms with Gasteiger partial charge in [0.1, 0.15) is 5.76 Å². The minimum absolute atomic E-state index is 0.00345. The molecule has 4 rings (SSSR count). The molecule has 1 fully saturated rings. The first-order chi connectivity index (χ1) is 15.0. The molecule has 8 heteroatoms. The van der Waals surface area contributed by atoms with E-state index >= 15 is 0 Å². The number of hydrogen-bond acceptors (Lipinski definition) is 7. The van der Waals surface area contributed by atoms with Crippen molar-refractivity contribution in [2.75, 3.05) is 19.1 Å². The zero-order valence-electron chi connectivity index (χ0n) is 17.2. The van der Waals surface area contributed by atoms with Gasteiger partial charge in [0.05, 0.1) is 25.8 Å². The van der Waals surface area contributed by atoms with Crippen LogP contribution in [-0.4, -0.2) is 36.0 Å². The van der Waals surface area contributed by atoms with Gasteiger partial charge >= 0.3 is 5.91 Å². The first-order valence-corrected chi connectivity index (χ1v) is 10.3. The van der Waals surface area contributed by atoms with Crippen molar-refractivity contribution >= 4 is 33.9 Å². The second kappa shape index (κ2) is 8.23. The quantitative estimate of drug-likeness (QED) is 0.368. The number of hydrogen-bond donors (Lipinski definition) is 1. The third kappa shape index (κ3) is 3.55. The molecule has 158 valence electrons. The molecule has 1 saturated heterocycles. The lowest BCUT2D eigenvalue weighted by Crippen LogP contribution is -2.29. The van der Waals surface area contributed by atoms with Gasteiger partial charge in [0.25, 0.3) is 5.78 Å². The number of aromatic nitrogens is 1. The molecule has 2 aromatic carbocycles. The minimum atomic E-state index is -0.868. The molecular formula is C23H20N2O5S. The molecule has 0 bridgehead atoms. The van der Waals surface area contributed by atoms with Crippen LogP contribution in [0, 0.1) is 6.92 Å². The van der Waals surface area contributed by atoms with Crippen LogP contribution < -0.4 is 14.4 Å². The van der Waals surface area contributed by atoms with Crippen molar-refractivity contribution < 1.29 is 24.2 Å². The summed E-state index contributed by atoms with van der Waals surface area (Å²) in [5.74, 6) is -0.801. The summed E-state index contributed by atoms with van der Waals surface area (Å²) in [6, 6.07) is 11.4. The first-order valence-electron chi connectivity index (χ1n) is 9.45. The summed E-state index contributed by atoms with van der Waals surface area (Å²) in [6.07, 6.45) is 1.56. The molecule has 0 radical (unpaired) electrons. The molecule has 7 nitrogen and oxygen atoms in total. The maximum Gasteiger partial charge on any atom is 0.301 e. The fourth-order valence-electron chi connectivity index (χ4n) is 3.57. The molecule has 31 heavy (non-hydrogen) atoms. The molecule has 0 spiro atoms. The van der Waals surface area contributed by atoms with Crippen molar-refractivity contribution in [3.05, 3.63) is 76.3 Å². The highest BCUT2D eigenvalue weighted by molar-refractivity contribution is 7.14. The Labute approximate surface area is 183 Å². The van der Waals surface area contributed by atoms with Gasteiger partial charge in [0.15, 0.2) is 16.6 Å². The van der Waals surface area contributed by atoms with Gasteiger partial charge in [-0.25, -0.2) is 4.98 Å². The van der Waals surface area contributed by atoms with Crippen molar-refractivity contribution in [1.29, 1.82) is 0 Å². The van der Waals surface area contributed by atoms with Crippen LogP contribution >= 0.6 is 11.3 Å². The van der Waals surface area contributed by atoms with Crippen LogP contribution in [0.15, 0.2) is 59.6 Å². The van der Waals surface area contributed by atoms with E-state index in [1.54, 1.807) is 41.9 Å². The maximum absolute atomic E-state index is 13.1. The Balaban J connectivity index is 1.94. The molecule has 1 aromatic heterocycles. The zero-order valence-corrected chi connectivity index (χ0v) is 18.0. The molecule has 1 aliphatic heterocycles. The highest BCUT2D eigenvalue weighted by Crippen LogP contribution is 2.44. The zero-order chi connectivity index (χ0) is 22.1. The number of rotatable bonds is 5. The van der Waals surface area contributed by atoms with Crippen molar-refractivity contribution in [3.8, 4) is 11.5 Å². The van der Waals surface area contributed by atoms with Crippen LogP contribution in [0.5, 0.6) is 11.5 Å². The molecule has 3 aromatic rings. The number of aliphatic hydroxyl groups excluding tert-OH is 1. The van der Waals surface area contributed by atoms with E-state index in [4.69, 9.17) is 9.47 Å². The number of aliphatic hydroxyl groups is 1. The van der Waals surface area contributed by atoms with Crippen molar-refractivity contribution in [1.82, 2.24) is 4.98 Å². The summed E-state index contributed by atoms with van der Waals surface area (Å²) in [4.78, 5) is 31.6. The number of ether oxygens (including phenoxy) is 2. The molecule has 1 atom stereocenters. The molecule has 0 aliphatic carbocycles. The lowest BCUT2D eigenvalue weighted by Gasteiger charge is -2.23. The lowest BCUT2D eigenvalue weighted by atomic mass is 9.95. The van der Waals surface area contributed by atoms with Crippen LogP contribution in [0.2, 0.25) is 0 Å². The average molecular weight is 436 g/mol. The minimum Gasteiger partial charge on any atom is -0.507 e. The molecule has 0 saturated carbocycles. The molecule has 2 heterocycles. The highest BCUT2D eigenvalue weighted by atomic mass is 32.1. The topological polar surface area (TPSA) is 89.0 Å². The third-order valence-electron chi connectivity index (χ3n) is 5.12. The van der Waals surface area contributed by atoms with Crippen LogP contribution in [0.4, 0.5) is 5.13 Å². The number of carbonyl (C=O) groups is 2. The summed E-state index contributed by atoms with van der Waals surface area (Å²) in [6.45, 7) is 1.93. The van der Waals surface area contributed by atoms with Gasteiger partial charge in [0.2, 0.25) is 0 Å². The van der Waals surface area contributed by atoms with Crippen molar-refractivity contribution in [2.24, 2.45) is 0 Å². The van der Waals surface area contributed by atoms with Crippen LogP contribution in [0.3, 0.4) is 0 Å². The Kier molecular flexibility index (Phi) is 5.48. The Morgan fingerprint density at radius 1 is 1.06 bits per heavy atom. The lowest BCUT2D eigenvalue weighted by molar-refractivity contribution is -0.132.